The molecule has 3 rings (SSSR count). The van der Waals surface area contributed by atoms with Gasteiger partial charge in [-0.1, -0.05) is 29.3 Å². The average molecular weight is 449 g/mol. The van der Waals surface area contributed by atoms with Crippen LogP contribution in [0.5, 0.6) is 5.88 Å². The lowest BCUT2D eigenvalue weighted by Crippen LogP contribution is -2.27. The number of carboxylic acid groups (broad SMARTS) is 1. The van der Waals surface area contributed by atoms with Crippen molar-refractivity contribution in [3.05, 3.63) is 57.7 Å². The molecule has 2 aromatic rings. The van der Waals surface area contributed by atoms with Crippen molar-refractivity contribution in [1.82, 2.24) is 9.88 Å². The molecule has 1 fully saturated rings. The van der Waals surface area contributed by atoms with Crippen LogP contribution in [0.2, 0.25) is 10.0 Å². The highest BCUT2D eigenvalue weighted by Gasteiger charge is 2.36. The van der Waals surface area contributed by atoms with Gasteiger partial charge in [0.1, 0.15) is 0 Å². The Morgan fingerprint density at radius 1 is 1.21 bits per heavy atom. The van der Waals surface area contributed by atoms with Gasteiger partial charge in [-0.25, -0.2) is 9.78 Å². The summed E-state index contributed by atoms with van der Waals surface area (Å²) in [6, 6.07) is 7.28. The summed E-state index contributed by atoms with van der Waals surface area (Å²) in [4.78, 5) is 16.4. The second-order valence-corrected chi connectivity index (χ2v) is 7.56. The van der Waals surface area contributed by atoms with Crippen LogP contribution in [0.25, 0.3) is 0 Å². The summed E-state index contributed by atoms with van der Waals surface area (Å²) >= 11 is 12.1. The van der Waals surface area contributed by atoms with Gasteiger partial charge in [0.2, 0.25) is 5.88 Å². The number of carbonyl (C=O) groups is 1. The fraction of sp³-hybridized carbons (Fsp3) is 0.368. The summed E-state index contributed by atoms with van der Waals surface area (Å²) in [6.45, 7) is 0.828. The lowest BCUT2D eigenvalue weighted by atomic mass is 9.87. The lowest BCUT2D eigenvalue weighted by Gasteiger charge is -2.19. The Kier molecular flexibility index (Phi) is 6.43. The Morgan fingerprint density at radius 2 is 1.97 bits per heavy atom. The zero-order chi connectivity index (χ0) is 21.2. The number of nitrogens with zero attached hydrogens (tertiary/aromatic N) is 2. The lowest BCUT2D eigenvalue weighted by molar-refractivity contribution is -0.137. The summed E-state index contributed by atoms with van der Waals surface area (Å²) in [5, 5.41) is 10.1. The number of pyridine rings is 1. The Balaban J connectivity index is 1.65. The van der Waals surface area contributed by atoms with E-state index in [1.54, 1.807) is 12.1 Å². The van der Waals surface area contributed by atoms with Crippen molar-refractivity contribution in [3.8, 4) is 5.88 Å². The number of ether oxygens (including phenoxy) is 1. The fourth-order valence-electron chi connectivity index (χ4n) is 3.39. The summed E-state index contributed by atoms with van der Waals surface area (Å²) in [7, 11) is 0. The third-order valence-electron chi connectivity index (χ3n) is 4.89. The molecule has 0 spiro atoms. The highest BCUT2D eigenvalue weighted by atomic mass is 35.5. The maximum Gasteiger partial charge on any atom is 0.417 e. The molecule has 1 saturated heterocycles. The molecule has 1 N–H and O–H groups in total. The van der Waals surface area contributed by atoms with E-state index in [-0.39, 0.29) is 24.3 Å². The molecule has 1 aromatic carbocycles. The van der Waals surface area contributed by atoms with E-state index in [1.807, 2.05) is 6.07 Å². The molecule has 156 valence electrons. The van der Waals surface area contributed by atoms with Gasteiger partial charge in [0.05, 0.1) is 22.2 Å². The van der Waals surface area contributed by atoms with Crippen LogP contribution < -0.4 is 4.74 Å². The Morgan fingerprint density at radius 3 is 2.55 bits per heavy atom. The fourth-order valence-corrected chi connectivity index (χ4v) is 3.70. The molecule has 1 aliphatic rings. The largest absolute Gasteiger partial charge is 0.478 e. The van der Waals surface area contributed by atoms with Crippen molar-refractivity contribution < 1.29 is 27.8 Å². The number of alkyl halides is 3. The zero-order valence-corrected chi connectivity index (χ0v) is 16.5. The second-order valence-electron chi connectivity index (χ2n) is 6.75. The van der Waals surface area contributed by atoms with Crippen LogP contribution in [0.15, 0.2) is 36.5 Å². The van der Waals surface area contributed by atoms with Gasteiger partial charge in [0.15, 0.2) is 0 Å². The summed E-state index contributed by atoms with van der Waals surface area (Å²) in [5.74, 6) is -0.0556. The van der Waals surface area contributed by atoms with Crippen molar-refractivity contribution in [2.75, 3.05) is 19.7 Å². The third-order valence-corrected chi connectivity index (χ3v) is 5.62. The first-order valence-corrected chi connectivity index (χ1v) is 9.49. The third kappa shape index (κ3) is 5.25. The van der Waals surface area contributed by atoms with Crippen LogP contribution in [0, 0.1) is 5.92 Å². The predicted octanol–water partition coefficient (Wildman–Crippen LogP) is 5.57. The molecule has 2 unspecified atom stereocenters. The van der Waals surface area contributed by atoms with Crippen molar-refractivity contribution in [3.63, 3.8) is 0 Å². The van der Waals surface area contributed by atoms with Crippen LogP contribution in [-0.4, -0.2) is 40.8 Å². The van der Waals surface area contributed by atoms with Gasteiger partial charge in [-0.15, -0.1) is 0 Å². The van der Waals surface area contributed by atoms with E-state index < -0.39 is 17.8 Å². The van der Waals surface area contributed by atoms with Crippen molar-refractivity contribution in [1.29, 1.82) is 0 Å². The van der Waals surface area contributed by atoms with Gasteiger partial charge in [0.25, 0.3) is 0 Å². The van der Waals surface area contributed by atoms with Crippen LogP contribution in [0.1, 0.15) is 23.5 Å². The summed E-state index contributed by atoms with van der Waals surface area (Å²) < 4.78 is 43.2. The van der Waals surface area contributed by atoms with Crippen LogP contribution in [0.3, 0.4) is 0 Å². The van der Waals surface area contributed by atoms with E-state index >= 15 is 0 Å². The van der Waals surface area contributed by atoms with Crippen molar-refractivity contribution in [2.24, 2.45) is 5.92 Å². The number of aromatic nitrogens is 1. The van der Waals surface area contributed by atoms with E-state index in [9.17, 15) is 23.1 Å². The minimum absolute atomic E-state index is 0.0437. The van der Waals surface area contributed by atoms with Crippen LogP contribution in [-0.2, 0) is 6.18 Å². The maximum atomic E-state index is 12.6. The monoisotopic (exact) mass is 448 g/mol. The first kappa shape index (κ1) is 21.5. The van der Waals surface area contributed by atoms with Gasteiger partial charge in [-0.05, 0) is 36.1 Å². The summed E-state index contributed by atoms with van der Waals surface area (Å²) in [6.07, 6.45) is -4.25. The quantitative estimate of drug-likeness (QED) is 0.649. The molecule has 1 aliphatic heterocycles. The van der Waals surface area contributed by atoms with E-state index in [4.69, 9.17) is 27.9 Å². The standard InChI is InChI=1S/C19H17Cl2F3N2O3/c20-15-3-1-11(7-16(15)21)14-10-26(18(27)28)9-12(14)5-6-29-17-4-2-13(8-25-17)19(22,23)24/h1-4,7-8,12,14H,5-6,9-10H2,(H,27,28). The molecule has 5 nitrogen and oxygen atoms in total. The molecule has 2 atom stereocenters. The molecule has 0 radical (unpaired) electrons. The molecule has 10 heteroatoms. The number of benzene rings is 1. The highest BCUT2D eigenvalue weighted by Crippen LogP contribution is 2.37. The molecule has 29 heavy (non-hydrogen) atoms. The molecule has 0 saturated carbocycles. The number of rotatable bonds is 5. The SMILES string of the molecule is O=C(O)N1CC(CCOc2ccc(C(F)(F)F)cn2)C(c2ccc(Cl)c(Cl)c2)C1. The van der Waals surface area contributed by atoms with Gasteiger partial charge in [0, 0.05) is 31.3 Å². The first-order valence-electron chi connectivity index (χ1n) is 8.74. The molecule has 0 bridgehead atoms. The van der Waals surface area contributed by atoms with Crippen LogP contribution >= 0.6 is 23.2 Å². The zero-order valence-electron chi connectivity index (χ0n) is 15.0. The van der Waals surface area contributed by atoms with E-state index in [0.717, 1.165) is 23.9 Å². The molecule has 1 aromatic heterocycles. The molecule has 1 amide bonds. The topological polar surface area (TPSA) is 62.7 Å². The number of hydrogen-bond donors (Lipinski definition) is 1. The van der Waals surface area contributed by atoms with Gasteiger partial charge >= 0.3 is 12.3 Å². The normalized spacial score (nSPS) is 19.4. The minimum Gasteiger partial charge on any atom is -0.478 e. The average Bonchev–Trinajstić information content (AvgIpc) is 3.08. The Hall–Kier alpha value is -2.19. The van der Waals surface area contributed by atoms with Crippen molar-refractivity contribution in [2.45, 2.75) is 18.5 Å². The number of halogens is 5. The second kappa shape index (κ2) is 8.67. The Labute approximate surface area is 175 Å². The van der Waals surface area contributed by atoms with Gasteiger partial charge in [-0.2, -0.15) is 13.2 Å². The van der Waals surface area contributed by atoms with Gasteiger partial charge < -0.3 is 14.7 Å². The van der Waals surface area contributed by atoms with E-state index in [1.165, 1.54) is 4.90 Å². The van der Waals surface area contributed by atoms with Crippen molar-refractivity contribution >= 4 is 29.3 Å². The van der Waals surface area contributed by atoms with E-state index in [2.05, 4.69) is 4.98 Å². The smallest absolute Gasteiger partial charge is 0.417 e. The summed E-state index contributed by atoms with van der Waals surface area (Å²) in [5.41, 5.74) is 0.0261. The molecular formula is C19H17Cl2F3N2O3. The first-order chi connectivity index (χ1) is 13.6. The Bertz CT molecular complexity index is 878. The van der Waals surface area contributed by atoms with E-state index in [0.29, 0.717) is 29.6 Å². The maximum absolute atomic E-state index is 12.6. The number of likely N-dealkylation sites (tertiary alicyclic amines) is 1. The van der Waals surface area contributed by atoms with Gasteiger partial charge in [-0.3, -0.25) is 0 Å². The number of hydrogen-bond acceptors (Lipinski definition) is 3. The highest BCUT2D eigenvalue weighted by molar-refractivity contribution is 6.42. The molecular weight excluding hydrogens is 432 g/mol. The molecule has 2 heterocycles. The van der Waals surface area contributed by atoms with Crippen LogP contribution in [0.4, 0.5) is 18.0 Å². The minimum atomic E-state index is -4.46. The number of amides is 1. The molecule has 0 aliphatic carbocycles. The predicted molar refractivity (Wildman–Crippen MR) is 102 cm³/mol.